The van der Waals surface area contributed by atoms with Crippen molar-refractivity contribution < 1.29 is 17.6 Å². The van der Waals surface area contributed by atoms with Gasteiger partial charge < -0.3 is 9.73 Å². The molecule has 0 unspecified atom stereocenters. The molecule has 1 amide bonds. The second-order valence-electron chi connectivity index (χ2n) is 8.24. The number of carbonyl (C=O) groups excluding carboxylic acids is 1. The first-order chi connectivity index (χ1) is 13.3. The van der Waals surface area contributed by atoms with Crippen LogP contribution in [0.1, 0.15) is 36.0 Å². The lowest BCUT2D eigenvalue weighted by atomic mass is 10.0. The molecule has 1 aromatic carbocycles. The van der Waals surface area contributed by atoms with Gasteiger partial charge in [-0.2, -0.15) is 0 Å². The first-order valence-corrected chi connectivity index (χ1v) is 11.9. The summed E-state index contributed by atoms with van der Waals surface area (Å²) in [5.74, 6) is 0.0279. The molecule has 2 fully saturated rings. The Hall–Kier alpha value is -1.86. The Balaban J connectivity index is 1.49. The minimum absolute atomic E-state index is 0.0321. The molecule has 3 heterocycles. The van der Waals surface area contributed by atoms with E-state index in [0.29, 0.717) is 0 Å². The third-order valence-electron chi connectivity index (χ3n) is 6.22. The highest BCUT2D eigenvalue weighted by atomic mass is 32.2. The van der Waals surface area contributed by atoms with Crippen LogP contribution in [0.2, 0.25) is 0 Å². The third-order valence-corrected chi connectivity index (χ3v) is 7.94. The zero-order valence-electron chi connectivity index (χ0n) is 16.5. The number of aryl methyl sites for hydroxylation is 2. The first kappa shape index (κ1) is 19.5. The van der Waals surface area contributed by atoms with E-state index >= 15 is 0 Å². The molecule has 1 N–H and O–H groups in total. The summed E-state index contributed by atoms with van der Waals surface area (Å²) in [4.78, 5) is 15.0. The van der Waals surface area contributed by atoms with Crippen LogP contribution in [0.5, 0.6) is 0 Å². The minimum atomic E-state index is -3.12. The van der Waals surface area contributed by atoms with Crippen LogP contribution in [-0.2, 0) is 21.1 Å². The predicted octanol–water partition coefficient (Wildman–Crippen LogP) is 2.36. The number of nitrogens with one attached hydrogen (secondary N) is 1. The van der Waals surface area contributed by atoms with Crippen LogP contribution in [0, 0.1) is 13.8 Å². The van der Waals surface area contributed by atoms with Crippen LogP contribution in [0.3, 0.4) is 0 Å². The molecule has 4 rings (SSSR count). The lowest BCUT2D eigenvalue weighted by Crippen LogP contribution is -2.52. The summed E-state index contributed by atoms with van der Waals surface area (Å²) in [5, 5.41) is 3.96. The number of nitrogens with zero attached hydrogens (tertiary/aromatic N) is 1. The lowest BCUT2D eigenvalue weighted by Gasteiger charge is -2.35. The van der Waals surface area contributed by atoms with Crippen LogP contribution in [-0.4, -0.2) is 55.9 Å². The van der Waals surface area contributed by atoms with Gasteiger partial charge in [0.1, 0.15) is 5.58 Å². The van der Waals surface area contributed by atoms with Gasteiger partial charge in [0.05, 0.1) is 30.2 Å². The molecule has 0 radical (unpaired) electrons. The fourth-order valence-corrected chi connectivity index (χ4v) is 6.49. The fraction of sp³-hybridized carbons (Fsp3) is 0.571. The lowest BCUT2D eigenvalue weighted by molar-refractivity contribution is -0.121. The number of amides is 1. The van der Waals surface area contributed by atoms with E-state index in [-0.39, 0.29) is 35.9 Å². The summed E-state index contributed by atoms with van der Waals surface area (Å²) < 4.78 is 30.2. The molecule has 2 atom stereocenters. The average molecular weight is 405 g/mol. The molecular weight excluding hydrogens is 376 g/mol. The molecule has 2 saturated heterocycles. The summed E-state index contributed by atoms with van der Waals surface area (Å²) in [7, 11) is -3.12. The highest BCUT2D eigenvalue weighted by molar-refractivity contribution is 7.91. The van der Waals surface area contributed by atoms with Gasteiger partial charge in [0.2, 0.25) is 5.91 Å². The first-order valence-electron chi connectivity index (χ1n) is 10.0. The molecule has 0 bridgehead atoms. The number of benzene rings is 1. The number of piperidine rings is 1. The van der Waals surface area contributed by atoms with Crippen molar-refractivity contribution in [3.05, 3.63) is 35.1 Å². The fourth-order valence-electron chi connectivity index (χ4n) is 4.53. The van der Waals surface area contributed by atoms with Crippen LogP contribution >= 0.6 is 0 Å². The molecule has 0 saturated carbocycles. The molecule has 2 aromatic rings. The van der Waals surface area contributed by atoms with E-state index in [9.17, 15) is 13.2 Å². The zero-order valence-corrected chi connectivity index (χ0v) is 17.3. The van der Waals surface area contributed by atoms with Crippen LogP contribution in [0.25, 0.3) is 11.0 Å². The van der Waals surface area contributed by atoms with Crippen LogP contribution < -0.4 is 5.32 Å². The van der Waals surface area contributed by atoms with Gasteiger partial charge in [0.15, 0.2) is 9.84 Å². The molecular formula is C21H28N2O4S. The maximum Gasteiger partial charge on any atom is 0.224 e. The van der Waals surface area contributed by atoms with E-state index in [2.05, 4.69) is 10.2 Å². The highest BCUT2D eigenvalue weighted by Gasteiger charge is 2.41. The van der Waals surface area contributed by atoms with E-state index < -0.39 is 9.84 Å². The summed E-state index contributed by atoms with van der Waals surface area (Å²) in [6, 6.07) is 3.57. The summed E-state index contributed by atoms with van der Waals surface area (Å²) >= 11 is 0. The number of rotatable bonds is 4. The second-order valence-corrected chi connectivity index (χ2v) is 10.4. The molecule has 2 aliphatic heterocycles. The number of hydrogen-bond donors (Lipinski definition) is 1. The Bertz CT molecular complexity index is 989. The number of sulfone groups is 1. The van der Waals surface area contributed by atoms with Gasteiger partial charge in [0.25, 0.3) is 0 Å². The smallest absolute Gasteiger partial charge is 0.224 e. The van der Waals surface area contributed by atoms with Gasteiger partial charge in [-0.05, 0) is 50.9 Å². The number of hydrogen-bond acceptors (Lipinski definition) is 5. The molecule has 6 nitrogen and oxygen atoms in total. The van der Waals surface area contributed by atoms with Gasteiger partial charge in [-0.1, -0.05) is 18.6 Å². The van der Waals surface area contributed by atoms with E-state index in [1.165, 1.54) is 6.42 Å². The molecule has 28 heavy (non-hydrogen) atoms. The SMILES string of the molecule is Cc1ccc2c(CC(=O)N[C@H]3CS(=O)(=O)C[C@@H]3N3CCCCC3)coc2c1C. The number of furan rings is 1. The van der Waals surface area contributed by atoms with E-state index in [1.807, 2.05) is 26.0 Å². The topological polar surface area (TPSA) is 79.6 Å². The van der Waals surface area contributed by atoms with Crippen LogP contribution in [0.4, 0.5) is 0 Å². The van der Waals surface area contributed by atoms with E-state index in [0.717, 1.165) is 53.6 Å². The van der Waals surface area contributed by atoms with Crippen molar-refractivity contribution in [2.24, 2.45) is 0 Å². The Morgan fingerprint density at radius 2 is 1.93 bits per heavy atom. The Kier molecular flexibility index (Phi) is 5.22. The molecule has 7 heteroatoms. The zero-order chi connectivity index (χ0) is 19.9. The molecule has 1 aromatic heterocycles. The van der Waals surface area contributed by atoms with Crippen molar-refractivity contribution in [2.75, 3.05) is 24.6 Å². The average Bonchev–Trinajstić information content (AvgIpc) is 3.19. The normalized spacial score (nSPS) is 25.2. The number of likely N-dealkylation sites (tertiary alicyclic amines) is 1. The van der Waals surface area contributed by atoms with Crippen LogP contribution in [0.15, 0.2) is 22.8 Å². The maximum absolute atomic E-state index is 12.7. The van der Waals surface area contributed by atoms with Crippen molar-refractivity contribution in [1.29, 1.82) is 0 Å². The van der Waals surface area contributed by atoms with Gasteiger partial charge >= 0.3 is 0 Å². The Morgan fingerprint density at radius 1 is 1.18 bits per heavy atom. The van der Waals surface area contributed by atoms with Crippen molar-refractivity contribution in [3.63, 3.8) is 0 Å². The van der Waals surface area contributed by atoms with Crippen molar-refractivity contribution >= 4 is 26.7 Å². The Morgan fingerprint density at radius 3 is 2.68 bits per heavy atom. The quantitative estimate of drug-likeness (QED) is 0.846. The summed E-state index contributed by atoms with van der Waals surface area (Å²) in [6.45, 7) is 5.87. The molecule has 0 aliphatic carbocycles. The number of fused-ring (bicyclic) bond motifs is 1. The van der Waals surface area contributed by atoms with Gasteiger partial charge in [0, 0.05) is 17.0 Å². The maximum atomic E-state index is 12.7. The largest absolute Gasteiger partial charge is 0.464 e. The van der Waals surface area contributed by atoms with Crippen molar-refractivity contribution in [1.82, 2.24) is 10.2 Å². The predicted molar refractivity (Wildman–Crippen MR) is 109 cm³/mol. The standard InChI is InChI=1S/C21H28N2O4S/c1-14-6-7-17-16(11-27-21(17)15(14)2)10-20(24)22-18-12-28(25,26)13-19(18)23-8-4-3-5-9-23/h6-7,11,18-19H,3-5,8-10,12-13H2,1-2H3,(H,22,24)/t18-,19-/m0/s1. The molecule has 0 spiro atoms. The van der Waals surface area contributed by atoms with E-state index in [4.69, 9.17) is 4.42 Å². The molecule has 2 aliphatic rings. The summed E-state index contributed by atoms with van der Waals surface area (Å²) in [5.41, 5.74) is 3.89. The van der Waals surface area contributed by atoms with Crippen molar-refractivity contribution in [3.8, 4) is 0 Å². The van der Waals surface area contributed by atoms with Gasteiger partial charge in [-0.3, -0.25) is 9.69 Å². The molecule has 152 valence electrons. The minimum Gasteiger partial charge on any atom is -0.464 e. The van der Waals surface area contributed by atoms with E-state index in [1.54, 1.807) is 6.26 Å². The number of carbonyl (C=O) groups is 1. The monoisotopic (exact) mass is 404 g/mol. The highest BCUT2D eigenvalue weighted by Crippen LogP contribution is 2.27. The Labute approximate surface area is 166 Å². The second kappa shape index (κ2) is 7.52. The van der Waals surface area contributed by atoms with Gasteiger partial charge in [-0.25, -0.2) is 8.42 Å². The third kappa shape index (κ3) is 3.82. The summed E-state index contributed by atoms with van der Waals surface area (Å²) in [6.07, 6.45) is 5.22. The van der Waals surface area contributed by atoms with Crippen molar-refractivity contribution in [2.45, 2.75) is 51.6 Å². The van der Waals surface area contributed by atoms with Gasteiger partial charge in [-0.15, -0.1) is 0 Å².